The molecular weight excluding hydrogens is 522 g/mol. The van der Waals surface area contributed by atoms with Crippen molar-refractivity contribution in [2.45, 2.75) is 45.4 Å². The van der Waals surface area contributed by atoms with Gasteiger partial charge in [0, 0.05) is 33.1 Å². The number of benzene rings is 2. The molecule has 1 amide bonds. The summed E-state index contributed by atoms with van der Waals surface area (Å²) in [5, 5.41) is 6.55. The molecule has 1 unspecified atom stereocenters. The minimum Gasteiger partial charge on any atom is -0.486 e. The van der Waals surface area contributed by atoms with E-state index in [1.165, 1.54) is 6.07 Å². The molecule has 2 aromatic rings. The van der Waals surface area contributed by atoms with E-state index in [0.717, 1.165) is 30.5 Å². The average Bonchev–Trinajstić information content (AvgIpc) is 3.18. The maximum Gasteiger partial charge on any atom is 0.222 e. The lowest BCUT2D eigenvalue weighted by molar-refractivity contribution is -0.128. The van der Waals surface area contributed by atoms with Crippen LogP contribution in [0.1, 0.15) is 37.3 Å². The first-order valence-electron chi connectivity index (χ1n) is 10.8. The molecule has 2 N–H and O–H groups in total. The predicted octanol–water partition coefficient (Wildman–Crippen LogP) is 4.09. The number of ether oxygens (including phenoxy) is 1. The molecule has 2 aromatic carbocycles. The van der Waals surface area contributed by atoms with Gasteiger partial charge >= 0.3 is 0 Å². The summed E-state index contributed by atoms with van der Waals surface area (Å²) in [5.74, 6) is 0.776. The predicted molar refractivity (Wildman–Crippen MR) is 136 cm³/mol. The van der Waals surface area contributed by atoms with E-state index in [1.807, 2.05) is 30.0 Å². The number of hydrogen-bond acceptors (Lipinski definition) is 3. The van der Waals surface area contributed by atoms with Crippen molar-refractivity contribution in [3.63, 3.8) is 0 Å². The number of amides is 1. The second-order valence-electron chi connectivity index (χ2n) is 7.62. The molecule has 0 aromatic heterocycles. The van der Waals surface area contributed by atoms with E-state index in [1.54, 1.807) is 25.2 Å². The third-order valence-electron chi connectivity index (χ3n) is 5.30. The van der Waals surface area contributed by atoms with Gasteiger partial charge in [0.2, 0.25) is 5.91 Å². The lowest BCUT2D eigenvalue weighted by atomic mass is 10.1. The van der Waals surface area contributed by atoms with Crippen molar-refractivity contribution in [3.05, 3.63) is 65.5 Å². The Hall–Kier alpha value is -2.36. The molecule has 1 saturated heterocycles. The van der Waals surface area contributed by atoms with Crippen LogP contribution < -0.4 is 15.4 Å². The maximum absolute atomic E-state index is 13.8. The van der Waals surface area contributed by atoms with Gasteiger partial charge in [0.1, 0.15) is 6.10 Å². The molecule has 0 spiro atoms. The van der Waals surface area contributed by atoms with Crippen LogP contribution in [-0.2, 0) is 17.9 Å². The molecule has 32 heavy (non-hydrogen) atoms. The van der Waals surface area contributed by atoms with Gasteiger partial charge in [0.15, 0.2) is 17.5 Å². The van der Waals surface area contributed by atoms with E-state index >= 15 is 0 Å². The molecule has 0 saturated carbocycles. The van der Waals surface area contributed by atoms with Crippen molar-refractivity contribution in [1.29, 1.82) is 0 Å². The van der Waals surface area contributed by atoms with E-state index in [0.29, 0.717) is 32.0 Å². The molecular formula is C24H32FIN4O2. The Morgan fingerprint density at radius 2 is 1.97 bits per heavy atom. The minimum absolute atomic E-state index is 0. The van der Waals surface area contributed by atoms with Crippen LogP contribution in [-0.4, -0.2) is 43.0 Å². The number of carbonyl (C=O) groups is 1. The second-order valence-corrected chi connectivity index (χ2v) is 7.62. The van der Waals surface area contributed by atoms with Crippen molar-refractivity contribution >= 4 is 35.8 Å². The standard InChI is InChI=1S/C24H31FN4O2.HI/c1-3-20(31-22-11-5-4-10-21(22)25)16-28-24(26-2)27-15-18-8-6-9-19(14-18)17-29-13-7-12-23(29)30;/h4-6,8-11,14,20H,3,7,12-13,15-17H2,1-2H3,(H2,26,27,28);1H. The summed E-state index contributed by atoms with van der Waals surface area (Å²) in [6, 6.07) is 14.6. The molecule has 1 aliphatic heterocycles. The normalized spacial score (nSPS) is 14.7. The fourth-order valence-corrected chi connectivity index (χ4v) is 3.54. The zero-order chi connectivity index (χ0) is 22.1. The summed E-state index contributed by atoms with van der Waals surface area (Å²) in [4.78, 5) is 18.0. The van der Waals surface area contributed by atoms with E-state index in [2.05, 4.69) is 21.7 Å². The summed E-state index contributed by atoms with van der Waals surface area (Å²) in [7, 11) is 1.71. The summed E-state index contributed by atoms with van der Waals surface area (Å²) < 4.78 is 19.6. The van der Waals surface area contributed by atoms with Crippen LogP contribution >= 0.6 is 24.0 Å². The number of rotatable bonds is 9. The topological polar surface area (TPSA) is 66.0 Å². The smallest absolute Gasteiger partial charge is 0.222 e. The average molecular weight is 554 g/mol. The van der Waals surface area contributed by atoms with Gasteiger partial charge in [-0.3, -0.25) is 9.79 Å². The summed E-state index contributed by atoms with van der Waals surface area (Å²) in [5.41, 5.74) is 2.24. The van der Waals surface area contributed by atoms with Gasteiger partial charge in [-0.05, 0) is 36.1 Å². The van der Waals surface area contributed by atoms with Crippen LogP contribution in [0.2, 0.25) is 0 Å². The fourth-order valence-electron chi connectivity index (χ4n) is 3.54. The Bertz CT molecular complexity index is 909. The van der Waals surface area contributed by atoms with Crippen LogP contribution in [0.25, 0.3) is 0 Å². The van der Waals surface area contributed by atoms with Crippen molar-refractivity contribution in [2.24, 2.45) is 4.99 Å². The van der Waals surface area contributed by atoms with Crippen LogP contribution in [0.4, 0.5) is 4.39 Å². The summed E-state index contributed by atoms with van der Waals surface area (Å²) in [6.45, 7) is 4.60. The first-order chi connectivity index (χ1) is 15.1. The molecule has 3 rings (SSSR count). The monoisotopic (exact) mass is 554 g/mol. The number of hydrogen-bond donors (Lipinski definition) is 2. The lowest BCUT2D eigenvalue weighted by Crippen LogP contribution is -2.42. The molecule has 174 valence electrons. The highest BCUT2D eigenvalue weighted by molar-refractivity contribution is 14.0. The summed E-state index contributed by atoms with van der Waals surface area (Å²) in [6.07, 6.45) is 2.15. The number of likely N-dealkylation sites (tertiary alicyclic amines) is 1. The van der Waals surface area contributed by atoms with Gasteiger partial charge in [-0.25, -0.2) is 4.39 Å². The van der Waals surface area contributed by atoms with Crippen LogP contribution in [0.5, 0.6) is 5.75 Å². The van der Waals surface area contributed by atoms with E-state index < -0.39 is 0 Å². The van der Waals surface area contributed by atoms with Crippen LogP contribution in [0.3, 0.4) is 0 Å². The van der Waals surface area contributed by atoms with Gasteiger partial charge in [-0.15, -0.1) is 24.0 Å². The molecule has 0 aliphatic carbocycles. The highest BCUT2D eigenvalue weighted by Gasteiger charge is 2.20. The lowest BCUT2D eigenvalue weighted by Gasteiger charge is -2.20. The zero-order valence-electron chi connectivity index (χ0n) is 18.6. The number of carbonyl (C=O) groups excluding carboxylic acids is 1. The number of para-hydroxylation sites is 1. The van der Waals surface area contributed by atoms with Gasteiger partial charge in [-0.1, -0.05) is 43.3 Å². The number of halogens is 2. The van der Waals surface area contributed by atoms with E-state index in [9.17, 15) is 9.18 Å². The maximum atomic E-state index is 13.8. The Kier molecular flexibility index (Phi) is 10.7. The first-order valence-corrected chi connectivity index (χ1v) is 10.8. The van der Waals surface area contributed by atoms with Gasteiger partial charge < -0.3 is 20.3 Å². The third kappa shape index (κ3) is 7.65. The van der Waals surface area contributed by atoms with Gasteiger partial charge in [0.05, 0.1) is 6.54 Å². The fraction of sp³-hybridized carbons (Fsp3) is 0.417. The second kappa shape index (κ2) is 13.2. The Morgan fingerprint density at radius 1 is 1.19 bits per heavy atom. The summed E-state index contributed by atoms with van der Waals surface area (Å²) >= 11 is 0. The number of guanidine groups is 1. The largest absolute Gasteiger partial charge is 0.486 e. The van der Waals surface area contributed by atoms with Gasteiger partial charge in [0.25, 0.3) is 0 Å². The molecule has 1 heterocycles. The molecule has 8 heteroatoms. The minimum atomic E-state index is -0.362. The quantitative estimate of drug-likeness (QED) is 0.279. The Labute approximate surface area is 206 Å². The Balaban J connectivity index is 0.00000363. The highest BCUT2D eigenvalue weighted by atomic mass is 127. The van der Waals surface area contributed by atoms with E-state index in [-0.39, 0.29) is 47.6 Å². The van der Waals surface area contributed by atoms with Crippen LogP contribution in [0.15, 0.2) is 53.5 Å². The SMILES string of the molecule is CCC(CNC(=NC)NCc1cccc(CN2CCCC2=O)c1)Oc1ccccc1F.I. The van der Waals surface area contributed by atoms with Crippen molar-refractivity contribution in [2.75, 3.05) is 20.1 Å². The third-order valence-corrected chi connectivity index (χ3v) is 5.30. The zero-order valence-corrected chi connectivity index (χ0v) is 21.0. The van der Waals surface area contributed by atoms with Crippen molar-refractivity contribution < 1.29 is 13.9 Å². The number of nitrogens with one attached hydrogen (secondary N) is 2. The highest BCUT2D eigenvalue weighted by Crippen LogP contribution is 2.18. The molecule has 6 nitrogen and oxygen atoms in total. The Morgan fingerprint density at radius 3 is 2.66 bits per heavy atom. The molecule has 1 fully saturated rings. The van der Waals surface area contributed by atoms with Crippen molar-refractivity contribution in [1.82, 2.24) is 15.5 Å². The molecule has 0 bridgehead atoms. The van der Waals surface area contributed by atoms with Gasteiger partial charge in [-0.2, -0.15) is 0 Å². The number of aliphatic imine (C=N–C) groups is 1. The number of nitrogens with zero attached hydrogens (tertiary/aromatic N) is 2. The molecule has 0 radical (unpaired) electrons. The molecule has 1 aliphatic rings. The van der Waals surface area contributed by atoms with Crippen molar-refractivity contribution in [3.8, 4) is 5.75 Å². The molecule has 1 atom stereocenters. The van der Waals surface area contributed by atoms with E-state index in [4.69, 9.17) is 4.74 Å². The van der Waals surface area contributed by atoms with Crippen LogP contribution in [0, 0.1) is 5.82 Å². The first kappa shape index (κ1) is 25.9.